The number of carboxylic acid groups (broad SMARTS) is 1. The standard InChI is InChI=1S/C23H27Cl2N5O4/c1-4-5-10-30-23(27-28-29-30)22(15-7-9-19(33-2)20(12-15)34-3)26-18(13-21(31)32)14-6-8-16(24)17(25)11-14/h6-9,11-12,18,22,26H,4-5,10,13H2,1-3H3,(H,31,32). The highest BCUT2D eigenvalue weighted by Crippen LogP contribution is 2.34. The Kier molecular flexibility index (Phi) is 9.09. The third-order valence-electron chi connectivity index (χ3n) is 5.37. The minimum atomic E-state index is -0.972. The number of benzene rings is 2. The Morgan fingerprint density at radius 3 is 2.47 bits per heavy atom. The number of methoxy groups -OCH3 is 2. The molecule has 3 aromatic rings. The number of carboxylic acids is 1. The van der Waals surface area contributed by atoms with Crippen molar-refractivity contribution in [2.75, 3.05) is 14.2 Å². The van der Waals surface area contributed by atoms with Crippen LogP contribution in [-0.4, -0.2) is 45.5 Å². The first kappa shape index (κ1) is 25.7. The second-order valence-corrected chi connectivity index (χ2v) is 8.47. The van der Waals surface area contributed by atoms with Crippen LogP contribution >= 0.6 is 23.2 Å². The molecule has 0 spiro atoms. The number of nitrogens with zero attached hydrogens (tertiary/aromatic N) is 4. The van der Waals surface area contributed by atoms with Crippen LogP contribution in [0.1, 0.15) is 55.2 Å². The molecule has 2 aromatic carbocycles. The normalized spacial score (nSPS) is 12.9. The fourth-order valence-electron chi connectivity index (χ4n) is 3.62. The first-order valence-corrected chi connectivity index (χ1v) is 11.5. The fourth-order valence-corrected chi connectivity index (χ4v) is 3.92. The highest BCUT2D eigenvalue weighted by molar-refractivity contribution is 6.42. The molecular weight excluding hydrogens is 481 g/mol. The lowest BCUT2D eigenvalue weighted by molar-refractivity contribution is -0.137. The number of nitrogens with one attached hydrogen (secondary N) is 1. The molecule has 0 fully saturated rings. The van der Waals surface area contributed by atoms with E-state index in [0.717, 1.165) is 18.4 Å². The highest BCUT2D eigenvalue weighted by atomic mass is 35.5. The summed E-state index contributed by atoms with van der Waals surface area (Å²) in [5.41, 5.74) is 1.45. The van der Waals surface area contributed by atoms with Gasteiger partial charge in [0, 0.05) is 12.6 Å². The number of aryl methyl sites for hydroxylation is 1. The van der Waals surface area contributed by atoms with E-state index in [9.17, 15) is 9.90 Å². The first-order valence-electron chi connectivity index (χ1n) is 10.8. The van der Waals surface area contributed by atoms with Gasteiger partial charge in [-0.2, -0.15) is 0 Å². The molecule has 34 heavy (non-hydrogen) atoms. The van der Waals surface area contributed by atoms with Gasteiger partial charge < -0.3 is 14.6 Å². The van der Waals surface area contributed by atoms with Crippen LogP contribution in [0.5, 0.6) is 11.5 Å². The van der Waals surface area contributed by atoms with Crippen molar-refractivity contribution < 1.29 is 19.4 Å². The molecule has 9 nitrogen and oxygen atoms in total. The Balaban J connectivity index is 2.09. The summed E-state index contributed by atoms with van der Waals surface area (Å²) >= 11 is 12.3. The van der Waals surface area contributed by atoms with Crippen LogP contribution in [0.15, 0.2) is 36.4 Å². The van der Waals surface area contributed by atoms with Crippen LogP contribution in [0, 0.1) is 0 Å². The van der Waals surface area contributed by atoms with E-state index in [-0.39, 0.29) is 6.42 Å². The lowest BCUT2D eigenvalue weighted by Gasteiger charge is -2.26. The fraction of sp³-hybridized carbons (Fsp3) is 0.391. The minimum Gasteiger partial charge on any atom is -0.493 e. The summed E-state index contributed by atoms with van der Waals surface area (Å²) in [5, 5.41) is 26.1. The topological polar surface area (TPSA) is 111 Å². The van der Waals surface area contributed by atoms with E-state index in [1.807, 2.05) is 12.1 Å². The zero-order chi connectivity index (χ0) is 24.7. The first-order chi connectivity index (χ1) is 16.4. The van der Waals surface area contributed by atoms with Crippen molar-refractivity contribution in [3.05, 3.63) is 63.4 Å². The Morgan fingerprint density at radius 1 is 1.09 bits per heavy atom. The molecule has 0 radical (unpaired) electrons. The van der Waals surface area contributed by atoms with Gasteiger partial charge in [-0.3, -0.25) is 10.1 Å². The number of tetrazole rings is 1. The molecule has 0 bridgehead atoms. The molecule has 0 saturated carbocycles. The maximum absolute atomic E-state index is 11.8. The third-order valence-corrected chi connectivity index (χ3v) is 6.11. The second kappa shape index (κ2) is 12.0. The number of hydrogen-bond acceptors (Lipinski definition) is 7. The third kappa shape index (κ3) is 6.16. The molecule has 2 N–H and O–H groups in total. The van der Waals surface area contributed by atoms with E-state index in [1.165, 1.54) is 0 Å². The van der Waals surface area contributed by atoms with Crippen molar-refractivity contribution in [3.63, 3.8) is 0 Å². The number of hydrogen-bond donors (Lipinski definition) is 2. The smallest absolute Gasteiger partial charge is 0.305 e. The molecule has 0 aliphatic rings. The van der Waals surface area contributed by atoms with Crippen molar-refractivity contribution in [2.45, 2.75) is 44.8 Å². The van der Waals surface area contributed by atoms with E-state index < -0.39 is 18.1 Å². The van der Waals surface area contributed by atoms with Crippen LogP contribution in [0.3, 0.4) is 0 Å². The molecule has 182 valence electrons. The van der Waals surface area contributed by atoms with E-state index in [4.69, 9.17) is 32.7 Å². The predicted octanol–water partition coefficient (Wildman–Crippen LogP) is 4.69. The zero-order valence-corrected chi connectivity index (χ0v) is 20.7. The number of rotatable bonds is 12. The van der Waals surface area contributed by atoms with Crippen LogP contribution in [0.2, 0.25) is 10.0 Å². The van der Waals surface area contributed by atoms with E-state index in [2.05, 4.69) is 27.8 Å². The summed E-state index contributed by atoms with van der Waals surface area (Å²) in [5.74, 6) is 0.683. The van der Waals surface area contributed by atoms with Crippen LogP contribution in [-0.2, 0) is 11.3 Å². The average molecular weight is 508 g/mol. The number of carbonyl (C=O) groups is 1. The maximum Gasteiger partial charge on any atom is 0.305 e. The number of ether oxygens (including phenoxy) is 2. The molecule has 0 amide bonds. The van der Waals surface area contributed by atoms with Gasteiger partial charge in [0.1, 0.15) is 0 Å². The van der Waals surface area contributed by atoms with Crippen LogP contribution < -0.4 is 14.8 Å². The number of unbranched alkanes of at least 4 members (excludes halogenated alkanes) is 1. The number of halogens is 2. The summed E-state index contributed by atoms with van der Waals surface area (Å²) in [7, 11) is 3.12. The van der Waals surface area contributed by atoms with Gasteiger partial charge in [-0.05, 0) is 52.2 Å². The molecular formula is C23H27Cl2N5O4. The second-order valence-electron chi connectivity index (χ2n) is 7.65. The van der Waals surface area contributed by atoms with Gasteiger partial charge in [-0.25, -0.2) is 4.68 Å². The largest absolute Gasteiger partial charge is 0.493 e. The Labute approximate surface area is 208 Å². The minimum absolute atomic E-state index is 0.196. The van der Waals surface area contributed by atoms with Crippen LogP contribution in [0.25, 0.3) is 0 Å². The van der Waals surface area contributed by atoms with E-state index >= 15 is 0 Å². The number of aliphatic carboxylic acids is 1. The lowest BCUT2D eigenvalue weighted by Crippen LogP contribution is -2.31. The molecule has 0 aliphatic heterocycles. The average Bonchev–Trinajstić information content (AvgIpc) is 3.29. The molecule has 2 unspecified atom stereocenters. The Hall–Kier alpha value is -2.88. The van der Waals surface area contributed by atoms with Gasteiger partial charge in [-0.15, -0.1) is 5.10 Å². The molecule has 3 rings (SSSR count). The van der Waals surface area contributed by atoms with Crippen molar-refractivity contribution in [1.82, 2.24) is 25.5 Å². The van der Waals surface area contributed by atoms with Gasteiger partial charge in [0.05, 0.1) is 36.7 Å². The molecule has 1 aromatic heterocycles. The van der Waals surface area contributed by atoms with Gasteiger partial charge in [0.15, 0.2) is 17.3 Å². The molecule has 2 atom stereocenters. The summed E-state index contributed by atoms with van der Waals surface area (Å²) in [4.78, 5) is 11.8. The SMILES string of the molecule is CCCCn1nnnc1C(NC(CC(=O)O)c1ccc(Cl)c(Cl)c1)c1ccc(OC)c(OC)c1. The zero-order valence-electron chi connectivity index (χ0n) is 19.2. The summed E-state index contributed by atoms with van der Waals surface area (Å²) < 4.78 is 12.6. The highest BCUT2D eigenvalue weighted by Gasteiger charge is 2.28. The van der Waals surface area contributed by atoms with Gasteiger partial charge in [0.25, 0.3) is 0 Å². The van der Waals surface area contributed by atoms with E-state index in [1.54, 1.807) is 43.2 Å². The Bertz CT molecular complexity index is 1120. The maximum atomic E-state index is 11.8. The van der Waals surface area contributed by atoms with Crippen molar-refractivity contribution in [3.8, 4) is 11.5 Å². The van der Waals surface area contributed by atoms with Gasteiger partial charge >= 0.3 is 5.97 Å². The van der Waals surface area contributed by atoms with Crippen LogP contribution in [0.4, 0.5) is 0 Å². The Morgan fingerprint density at radius 2 is 1.82 bits per heavy atom. The summed E-state index contributed by atoms with van der Waals surface area (Å²) in [6, 6.07) is 9.37. The lowest BCUT2D eigenvalue weighted by atomic mass is 9.99. The molecule has 0 saturated heterocycles. The molecule has 0 aliphatic carbocycles. The van der Waals surface area contributed by atoms with Crippen molar-refractivity contribution in [2.24, 2.45) is 0 Å². The predicted molar refractivity (Wildman–Crippen MR) is 129 cm³/mol. The monoisotopic (exact) mass is 507 g/mol. The van der Waals surface area contributed by atoms with Crippen molar-refractivity contribution in [1.29, 1.82) is 0 Å². The van der Waals surface area contributed by atoms with E-state index in [0.29, 0.717) is 39.5 Å². The quantitative estimate of drug-likeness (QED) is 0.363. The summed E-state index contributed by atoms with van der Waals surface area (Å²) in [6.07, 6.45) is 1.67. The molecule has 1 heterocycles. The summed E-state index contributed by atoms with van der Waals surface area (Å²) in [6.45, 7) is 2.71. The van der Waals surface area contributed by atoms with Gasteiger partial charge in [-0.1, -0.05) is 48.7 Å². The number of aromatic nitrogens is 4. The van der Waals surface area contributed by atoms with Crippen molar-refractivity contribution >= 4 is 29.2 Å². The van der Waals surface area contributed by atoms with Gasteiger partial charge in [0.2, 0.25) is 0 Å². The molecule has 11 heteroatoms.